The molecule has 1 unspecified atom stereocenters. The van der Waals surface area contributed by atoms with Crippen LogP contribution in [0.3, 0.4) is 0 Å². The molecule has 0 saturated heterocycles. The third-order valence-electron chi connectivity index (χ3n) is 2.87. The van der Waals surface area contributed by atoms with Crippen molar-refractivity contribution in [1.82, 2.24) is 0 Å². The standard InChI is InChI=1S/C14H15F2NS/c1-8-7-11(10(3)18-8)9(2)17-14-12(15)5-4-6-13(14)16/h4-7,9,17H,1-3H3. The second-order valence-electron chi connectivity index (χ2n) is 4.33. The summed E-state index contributed by atoms with van der Waals surface area (Å²) in [6.45, 7) is 5.95. The Hall–Kier alpha value is -1.42. The fraction of sp³-hybridized carbons (Fsp3) is 0.286. The minimum atomic E-state index is -0.563. The van der Waals surface area contributed by atoms with Gasteiger partial charge in [0.15, 0.2) is 0 Å². The Morgan fingerprint density at radius 3 is 2.28 bits per heavy atom. The quantitative estimate of drug-likeness (QED) is 0.841. The Balaban J connectivity index is 2.26. The summed E-state index contributed by atoms with van der Waals surface area (Å²) in [6, 6.07) is 5.80. The van der Waals surface area contributed by atoms with Gasteiger partial charge in [-0.2, -0.15) is 0 Å². The highest BCUT2D eigenvalue weighted by atomic mass is 32.1. The smallest absolute Gasteiger partial charge is 0.149 e. The molecular weight excluding hydrogens is 252 g/mol. The van der Waals surface area contributed by atoms with E-state index < -0.39 is 11.6 Å². The lowest BCUT2D eigenvalue weighted by Crippen LogP contribution is -2.09. The lowest BCUT2D eigenvalue weighted by molar-refractivity contribution is 0.584. The van der Waals surface area contributed by atoms with E-state index in [-0.39, 0.29) is 11.7 Å². The lowest BCUT2D eigenvalue weighted by Gasteiger charge is -2.16. The number of thiophene rings is 1. The Morgan fingerprint density at radius 2 is 1.78 bits per heavy atom. The van der Waals surface area contributed by atoms with Crippen LogP contribution in [0.5, 0.6) is 0 Å². The summed E-state index contributed by atoms with van der Waals surface area (Å²) in [6.07, 6.45) is 0. The number of nitrogens with one attached hydrogen (secondary N) is 1. The number of aryl methyl sites for hydroxylation is 2. The highest BCUT2D eigenvalue weighted by Crippen LogP contribution is 2.30. The maximum atomic E-state index is 13.5. The van der Waals surface area contributed by atoms with Crippen molar-refractivity contribution in [3.05, 3.63) is 51.2 Å². The monoisotopic (exact) mass is 267 g/mol. The van der Waals surface area contributed by atoms with Gasteiger partial charge in [0.05, 0.1) is 0 Å². The van der Waals surface area contributed by atoms with Crippen LogP contribution in [0.1, 0.15) is 28.3 Å². The van der Waals surface area contributed by atoms with E-state index in [1.165, 1.54) is 28.0 Å². The molecule has 0 aliphatic heterocycles. The molecule has 0 radical (unpaired) electrons. The average Bonchev–Trinajstić information content (AvgIpc) is 2.63. The van der Waals surface area contributed by atoms with Gasteiger partial charge in [-0.15, -0.1) is 11.3 Å². The zero-order chi connectivity index (χ0) is 13.3. The molecule has 1 aromatic carbocycles. The van der Waals surface area contributed by atoms with Crippen LogP contribution in [-0.2, 0) is 0 Å². The second kappa shape index (κ2) is 5.06. The Labute approximate surface area is 109 Å². The fourth-order valence-corrected chi connectivity index (χ4v) is 3.03. The van der Waals surface area contributed by atoms with Crippen LogP contribution in [0.25, 0.3) is 0 Å². The molecule has 2 aromatic rings. The molecule has 0 saturated carbocycles. The van der Waals surface area contributed by atoms with Crippen LogP contribution in [0.4, 0.5) is 14.5 Å². The van der Waals surface area contributed by atoms with E-state index in [9.17, 15) is 8.78 Å². The second-order valence-corrected chi connectivity index (χ2v) is 5.79. The van der Waals surface area contributed by atoms with Crippen molar-refractivity contribution in [2.75, 3.05) is 5.32 Å². The number of para-hydroxylation sites is 1. The summed E-state index contributed by atoms with van der Waals surface area (Å²) in [4.78, 5) is 2.37. The van der Waals surface area contributed by atoms with Gasteiger partial charge in [0.25, 0.3) is 0 Å². The number of halogens is 2. The van der Waals surface area contributed by atoms with E-state index in [0.717, 1.165) is 5.56 Å². The molecule has 1 aromatic heterocycles. The molecular formula is C14H15F2NS. The molecule has 0 fully saturated rings. The molecule has 0 spiro atoms. The molecule has 96 valence electrons. The Bertz CT molecular complexity index is 543. The number of benzene rings is 1. The first-order chi connectivity index (χ1) is 8.49. The summed E-state index contributed by atoms with van der Waals surface area (Å²) in [5.41, 5.74) is 1.02. The van der Waals surface area contributed by atoms with Gasteiger partial charge in [0.1, 0.15) is 17.3 Å². The van der Waals surface area contributed by atoms with Crippen LogP contribution >= 0.6 is 11.3 Å². The van der Waals surface area contributed by atoms with Gasteiger partial charge >= 0.3 is 0 Å². The minimum absolute atomic E-state index is 0.0618. The predicted octanol–water partition coefficient (Wildman–Crippen LogP) is 4.82. The summed E-state index contributed by atoms with van der Waals surface area (Å²) in [5, 5.41) is 2.91. The third-order valence-corrected chi connectivity index (χ3v) is 3.85. The average molecular weight is 267 g/mol. The van der Waals surface area contributed by atoms with Gasteiger partial charge in [-0.1, -0.05) is 6.07 Å². The van der Waals surface area contributed by atoms with E-state index in [1.807, 2.05) is 20.8 Å². The lowest BCUT2D eigenvalue weighted by atomic mass is 10.1. The van der Waals surface area contributed by atoms with Crippen molar-refractivity contribution in [2.24, 2.45) is 0 Å². The summed E-state index contributed by atoms with van der Waals surface area (Å²) in [7, 11) is 0. The first-order valence-electron chi connectivity index (χ1n) is 5.76. The summed E-state index contributed by atoms with van der Waals surface area (Å²) >= 11 is 1.69. The van der Waals surface area contributed by atoms with Crippen molar-refractivity contribution in [1.29, 1.82) is 0 Å². The van der Waals surface area contributed by atoms with Gasteiger partial charge in [-0.25, -0.2) is 8.78 Å². The van der Waals surface area contributed by atoms with Crippen LogP contribution in [-0.4, -0.2) is 0 Å². The van der Waals surface area contributed by atoms with Crippen LogP contribution in [0.15, 0.2) is 24.3 Å². The van der Waals surface area contributed by atoms with E-state index in [0.29, 0.717) is 0 Å². The molecule has 18 heavy (non-hydrogen) atoms. The maximum Gasteiger partial charge on any atom is 0.149 e. The normalized spacial score (nSPS) is 12.5. The van der Waals surface area contributed by atoms with Crippen molar-refractivity contribution in [3.63, 3.8) is 0 Å². The number of anilines is 1. The van der Waals surface area contributed by atoms with E-state index in [4.69, 9.17) is 0 Å². The largest absolute Gasteiger partial charge is 0.374 e. The molecule has 2 rings (SSSR count). The number of hydrogen-bond acceptors (Lipinski definition) is 2. The van der Waals surface area contributed by atoms with E-state index >= 15 is 0 Å². The Morgan fingerprint density at radius 1 is 1.17 bits per heavy atom. The van der Waals surface area contributed by atoms with Gasteiger partial charge in [0, 0.05) is 15.8 Å². The van der Waals surface area contributed by atoms with Gasteiger partial charge in [-0.05, 0) is 44.5 Å². The molecule has 4 heteroatoms. The van der Waals surface area contributed by atoms with Crippen LogP contribution < -0.4 is 5.32 Å². The summed E-state index contributed by atoms with van der Waals surface area (Å²) in [5.74, 6) is -1.13. The molecule has 1 nitrogen and oxygen atoms in total. The van der Waals surface area contributed by atoms with Gasteiger partial charge < -0.3 is 5.32 Å². The topological polar surface area (TPSA) is 12.0 Å². The molecule has 1 atom stereocenters. The predicted molar refractivity (Wildman–Crippen MR) is 72.2 cm³/mol. The highest BCUT2D eigenvalue weighted by Gasteiger charge is 2.15. The number of rotatable bonds is 3. The molecule has 0 aliphatic carbocycles. The SMILES string of the molecule is Cc1cc(C(C)Nc2c(F)cccc2F)c(C)s1. The summed E-state index contributed by atoms with van der Waals surface area (Å²) < 4.78 is 27.1. The highest BCUT2D eigenvalue weighted by molar-refractivity contribution is 7.12. The first-order valence-corrected chi connectivity index (χ1v) is 6.58. The Kier molecular flexibility index (Phi) is 3.66. The molecule has 0 aliphatic rings. The van der Waals surface area contributed by atoms with Gasteiger partial charge in [-0.3, -0.25) is 0 Å². The van der Waals surface area contributed by atoms with Gasteiger partial charge in [0.2, 0.25) is 0 Å². The minimum Gasteiger partial charge on any atom is -0.374 e. The van der Waals surface area contributed by atoms with E-state index in [1.54, 1.807) is 11.3 Å². The number of hydrogen-bond donors (Lipinski definition) is 1. The zero-order valence-electron chi connectivity index (χ0n) is 10.6. The van der Waals surface area contributed by atoms with Crippen molar-refractivity contribution >= 4 is 17.0 Å². The molecule has 1 N–H and O–H groups in total. The molecule has 0 bridgehead atoms. The maximum absolute atomic E-state index is 13.5. The van der Waals surface area contributed by atoms with Crippen LogP contribution in [0.2, 0.25) is 0 Å². The fourth-order valence-electron chi connectivity index (χ4n) is 2.01. The van der Waals surface area contributed by atoms with Crippen molar-refractivity contribution in [3.8, 4) is 0 Å². The third kappa shape index (κ3) is 2.53. The van der Waals surface area contributed by atoms with Crippen molar-refractivity contribution in [2.45, 2.75) is 26.8 Å². The van der Waals surface area contributed by atoms with E-state index in [2.05, 4.69) is 11.4 Å². The zero-order valence-corrected chi connectivity index (χ0v) is 11.4. The van der Waals surface area contributed by atoms with Crippen molar-refractivity contribution < 1.29 is 8.78 Å². The van der Waals surface area contributed by atoms with Crippen LogP contribution in [0, 0.1) is 25.5 Å². The molecule has 0 amide bonds. The molecule has 1 heterocycles. The first kappa shape index (κ1) is 13.0.